The van der Waals surface area contributed by atoms with Crippen molar-refractivity contribution < 1.29 is 14.3 Å². The van der Waals surface area contributed by atoms with Gasteiger partial charge in [-0.15, -0.1) is 0 Å². The largest absolute Gasteiger partial charge is 0.466 e. The van der Waals surface area contributed by atoms with Gasteiger partial charge in [-0.3, -0.25) is 14.5 Å². The minimum Gasteiger partial charge on any atom is -0.466 e. The van der Waals surface area contributed by atoms with Crippen molar-refractivity contribution >= 4 is 11.9 Å². The zero-order chi connectivity index (χ0) is 15.2. The van der Waals surface area contributed by atoms with Crippen LogP contribution in [0.4, 0.5) is 0 Å². The van der Waals surface area contributed by atoms with Crippen LogP contribution in [0.15, 0.2) is 0 Å². The Kier molecular flexibility index (Phi) is 6.03. The third-order valence-corrected chi connectivity index (χ3v) is 4.70. The minimum absolute atomic E-state index is 0.0829. The Bertz CT molecular complexity index is 367. The van der Waals surface area contributed by atoms with Gasteiger partial charge in [-0.05, 0) is 46.1 Å². The van der Waals surface area contributed by atoms with Gasteiger partial charge in [0.1, 0.15) is 0 Å². The van der Waals surface area contributed by atoms with Crippen LogP contribution in [0.2, 0.25) is 0 Å². The van der Waals surface area contributed by atoms with E-state index >= 15 is 0 Å². The van der Waals surface area contributed by atoms with Crippen LogP contribution < -0.4 is 5.32 Å². The normalized spacial score (nSPS) is 25.5. The van der Waals surface area contributed by atoms with E-state index in [0.29, 0.717) is 19.2 Å². The van der Waals surface area contributed by atoms with E-state index in [4.69, 9.17) is 4.74 Å². The lowest BCUT2D eigenvalue weighted by molar-refractivity contribution is -0.151. The molecule has 0 spiro atoms. The number of likely N-dealkylation sites (tertiary alicyclic amines) is 1. The molecule has 5 nitrogen and oxygen atoms in total. The van der Waals surface area contributed by atoms with Gasteiger partial charge in [0, 0.05) is 12.6 Å². The van der Waals surface area contributed by atoms with E-state index in [1.54, 1.807) is 0 Å². The Labute approximate surface area is 127 Å². The lowest BCUT2D eigenvalue weighted by Crippen LogP contribution is -2.51. The number of nitrogens with one attached hydrogen (secondary N) is 1. The fourth-order valence-corrected chi connectivity index (χ4v) is 3.37. The van der Waals surface area contributed by atoms with E-state index in [9.17, 15) is 9.59 Å². The molecule has 2 atom stereocenters. The number of rotatable bonds is 5. The van der Waals surface area contributed by atoms with Crippen LogP contribution in [0.1, 0.15) is 52.4 Å². The highest BCUT2D eigenvalue weighted by Gasteiger charge is 2.32. The molecule has 1 N–H and O–H groups in total. The lowest BCUT2D eigenvalue weighted by Gasteiger charge is -2.35. The Morgan fingerprint density at radius 1 is 1.24 bits per heavy atom. The number of hydrogen-bond donors (Lipinski definition) is 1. The second-order valence-corrected chi connectivity index (χ2v) is 6.25. The molecule has 2 aliphatic rings. The van der Waals surface area contributed by atoms with E-state index in [1.165, 1.54) is 12.8 Å². The van der Waals surface area contributed by atoms with Crippen LogP contribution in [0.25, 0.3) is 0 Å². The number of piperidine rings is 1. The summed E-state index contributed by atoms with van der Waals surface area (Å²) in [6.07, 6.45) is 6.45. The molecule has 0 aromatic rings. The van der Waals surface area contributed by atoms with Gasteiger partial charge in [-0.2, -0.15) is 0 Å². The number of nitrogens with zero attached hydrogens (tertiary/aromatic N) is 1. The summed E-state index contributed by atoms with van der Waals surface area (Å²) in [5.41, 5.74) is 0. The van der Waals surface area contributed by atoms with Gasteiger partial charge in [-0.25, -0.2) is 0 Å². The first-order valence-electron chi connectivity index (χ1n) is 8.33. The van der Waals surface area contributed by atoms with Crippen LogP contribution in [0, 0.1) is 5.92 Å². The van der Waals surface area contributed by atoms with Crippen LogP contribution in [-0.4, -0.2) is 48.6 Å². The van der Waals surface area contributed by atoms with Crippen LogP contribution in [-0.2, 0) is 14.3 Å². The van der Waals surface area contributed by atoms with E-state index in [0.717, 1.165) is 32.2 Å². The molecule has 0 radical (unpaired) electrons. The topological polar surface area (TPSA) is 58.6 Å². The highest BCUT2D eigenvalue weighted by Crippen LogP contribution is 2.21. The first-order chi connectivity index (χ1) is 10.1. The average molecular weight is 296 g/mol. The molecular formula is C16H28N2O3. The molecule has 1 amide bonds. The number of carbonyl (C=O) groups is 2. The van der Waals surface area contributed by atoms with Gasteiger partial charge >= 0.3 is 5.97 Å². The SMILES string of the molecule is CCOC(=O)[C@H]1CCCN(C(C)C(=O)NC2CCCC2)C1. The summed E-state index contributed by atoms with van der Waals surface area (Å²) < 4.78 is 5.11. The molecule has 1 saturated heterocycles. The van der Waals surface area contributed by atoms with Crippen molar-refractivity contribution in [2.24, 2.45) is 5.92 Å². The molecule has 2 rings (SSSR count). The second-order valence-electron chi connectivity index (χ2n) is 6.25. The molecule has 0 aromatic heterocycles. The summed E-state index contributed by atoms with van der Waals surface area (Å²) in [7, 11) is 0. The molecule has 120 valence electrons. The Morgan fingerprint density at radius 3 is 2.62 bits per heavy atom. The molecule has 21 heavy (non-hydrogen) atoms. The van der Waals surface area contributed by atoms with Gasteiger partial charge in [0.05, 0.1) is 18.6 Å². The van der Waals surface area contributed by atoms with Crippen molar-refractivity contribution in [3.8, 4) is 0 Å². The second kappa shape index (κ2) is 7.78. The van der Waals surface area contributed by atoms with Crippen LogP contribution in [0.3, 0.4) is 0 Å². The maximum absolute atomic E-state index is 12.3. The van der Waals surface area contributed by atoms with E-state index in [-0.39, 0.29) is 23.8 Å². The van der Waals surface area contributed by atoms with Gasteiger partial charge in [0.2, 0.25) is 5.91 Å². The van der Waals surface area contributed by atoms with Crippen LogP contribution >= 0.6 is 0 Å². The van der Waals surface area contributed by atoms with Gasteiger partial charge in [0.15, 0.2) is 0 Å². The Balaban J connectivity index is 1.84. The van der Waals surface area contributed by atoms with Crippen molar-refractivity contribution in [3.63, 3.8) is 0 Å². The van der Waals surface area contributed by atoms with Crippen molar-refractivity contribution in [2.75, 3.05) is 19.7 Å². The summed E-state index contributed by atoms with van der Waals surface area (Å²) in [6, 6.07) is 0.188. The van der Waals surface area contributed by atoms with Gasteiger partial charge in [0.25, 0.3) is 0 Å². The van der Waals surface area contributed by atoms with Gasteiger partial charge < -0.3 is 10.1 Å². The molecule has 0 bridgehead atoms. The maximum Gasteiger partial charge on any atom is 0.310 e. The first-order valence-corrected chi connectivity index (χ1v) is 8.33. The standard InChI is InChI=1S/C16H28N2O3/c1-3-21-16(20)13-7-6-10-18(11-13)12(2)15(19)17-14-8-4-5-9-14/h12-14H,3-11H2,1-2H3,(H,17,19)/t12?,13-/m0/s1. The Morgan fingerprint density at radius 2 is 1.95 bits per heavy atom. The average Bonchev–Trinajstić information content (AvgIpc) is 2.99. The van der Waals surface area contributed by atoms with Crippen molar-refractivity contribution in [3.05, 3.63) is 0 Å². The smallest absolute Gasteiger partial charge is 0.310 e. The zero-order valence-corrected chi connectivity index (χ0v) is 13.3. The fourth-order valence-electron chi connectivity index (χ4n) is 3.37. The first kappa shape index (κ1) is 16.3. The third kappa shape index (κ3) is 4.43. The monoisotopic (exact) mass is 296 g/mol. The number of esters is 1. The molecule has 1 saturated carbocycles. The molecule has 5 heteroatoms. The summed E-state index contributed by atoms with van der Waals surface area (Å²) in [5.74, 6) is -0.0996. The highest BCUT2D eigenvalue weighted by molar-refractivity contribution is 5.81. The van der Waals surface area contributed by atoms with E-state index in [1.807, 2.05) is 13.8 Å². The van der Waals surface area contributed by atoms with Gasteiger partial charge in [-0.1, -0.05) is 12.8 Å². The number of ether oxygens (including phenoxy) is 1. The minimum atomic E-state index is -0.164. The maximum atomic E-state index is 12.3. The Hall–Kier alpha value is -1.10. The molecular weight excluding hydrogens is 268 g/mol. The zero-order valence-electron chi connectivity index (χ0n) is 13.3. The van der Waals surface area contributed by atoms with Crippen molar-refractivity contribution in [1.82, 2.24) is 10.2 Å². The number of hydrogen-bond acceptors (Lipinski definition) is 4. The number of amides is 1. The van der Waals surface area contributed by atoms with Crippen molar-refractivity contribution in [1.29, 1.82) is 0 Å². The summed E-state index contributed by atoms with van der Waals surface area (Å²) in [6.45, 7) is 5.72. The molecule has 1 aliphatic heterocycles. The molecule has 2 fully saturated rings. The summed E-state index contributed by atoms with van der Waals surface area (Å²) >= 11 is 0. The third-order valence-electron chi connectivity index (χ3n) is 4.70. The van der Waals surface area contributed by atoms with E-state index in [2.05, 4.69) is 10.2 Å². The van der Waals surface area contributed by atoms with Crippen LogP contribution in [0.5, 0.6) is 0 Å². The quantitative estimate of drug-likeness (QED) is 0.785. The predicted octanol–water partition coefficient (Wildman–Crippen LogP) is 1.71. The molecule has 1 heterocycles. The highest BCUT2D eigenvalue weighted by atomic mass is 16.5. The lowest BCUT2D eigenvalue weighted by atomic mass is 9.97. The van der Waals surface area contributed by atoms with Crippen molar-refractivity contribution in [2.45, 2.75) is 64.5 Å². The molecule has 1 unspecified atom stereocenters. The fraction of sp³-hybridized carbons (Fsp3) is 0.875. The molecule has 1 aliphatic carbocycles. The predicted molar refractivity (Wildman–Crippen MR) is 80.8 cm³/mol. The summed E-state index contributed by atoms with van der Waals surface area (Å²) in [4.78, 5) is 26.3. The summed E-state index contributed by atoms with van der Waals surface area (Å²) in [5, 5.41) is 3.15. The van der Waals surface area contributed by atoms with E-state index < -0.39 is 0 Å². The number of carbonyl (C=O) groups excluding carboxylic acids is 2. The molecule has 0 aromatic carbocycles.